The fourth-order valence-corrected chi connectivity index (χ4v) is 1.95. The van der Waals surface area contributed by atoms with Crippen LogP contribution in [0.15, 0.2) is 10.7 Å². The summed E-state index contributed by atoms with van der Waals surface area (Å²) in [7, 11) is 0. The van der Waals surface area contributed by atoms with Crippen molar-refractivity contribution in [1.29, 1.82) is 0 Å². The van der Waals surface area contributed by atoms with Crippen LogP contribution in [0.3, 0.4) is 0 Å². The molecule has 1 saturated heterocycles. The molecule has 1 fully saturated rings. The average molecular weight is 196 g/mol. The van der Waals surface area contributed by atoms with Gasteiger partial charge in [0.25, 0.3) is 0 Å². The van der Waals surface area contributed by atoms with E-state index in [0.29, 0.717) is 13.0 Å². The van der Waals surface area contributed by atoms with Crippen molar-refractivity contribution in [2.24, 2.45) is 0 Å². The van der Waals surface area contributed by atoms with Crippen molar-refractivity contribution in [1.82, 2.24) is 10.5 Å². The van der Waals surface area contributed by atoms with Gasteiger partial charge >= 0.3 is 0 Å². The SMILES string of the molecule is Cc1oncc1CC1(O)CCCNC1. The summed E-state index contributed by atoms with van der Waals surface area (Å²) in [6.07, 6.45) is 4.21. The second-order valence-corrected chi connectivity index (χ2v) is 4.09. The van der Waals surface area contributed by atoms with Crippen LogP contribution in [0.1, 0.15) is 24.2 Å². The van der Waals surface area contributed by atoms with Crippen LogP contribution in [0.2, 0.25) is 0 Å². The van der Waals surface area contributed by atoms with Gasteiger partial charge in [0, 0.05) is 18.5 Å². The van der Waals surface area contributed by atoms with Gasteiger partial charge in [-0.3, -0.25) is 0 Å². The molecule has 0 aromatic carbocycles. The molecule has 4 heteroatoms. The van der Waals surface area contributed by atoms with Gasteiger partial charge in [0.05, 0.1) is 11.8 Å². The minimum absolute atomic E-state index is 0.617. The predicted molar refractivity (Wildman–Crippen MR) is 52.0 cm³/mol. The largest absolute Gasteiger partial charge is 0.388 e. The van der Waals surface area contributed by atoms with Gasteiger partial charge in [-0.2, -0.15) is 0 Å². The van der Waals surface area contributed by atoms with Crippen molar-refractivity contribution < 1.29 is 9.63 Å². The Bertz CT molecular complexity index is 303. The lowest BCUT2D eigenvalue weighted by Crippen LogP contribution is -2.47. The second kappa shape index (κ2) is 3.71. The van der Waals surface area contributed by atoms with Crippen molar-refractivity contribution in [2.45, 2.75) is 31.8 Å². The molecular weight excluding hydrogens is 180 g/mol. The maximum absolute atomic E-state index is 10.2. The molecule has 1 aromatic heterocycles. The number of aryl methyl sites for hydroxylation is 1. The van der Waals surface area contributed by atoms with Gasteiger partial charge in [-0.15, -0.1) is 0 Å². The number of aromatic nitrogens is 1. The molecule has 2 heterocycles. The van der Waals surface area contributed by atoms with Gasteiger partial charge in [-0.25, -0.2) is 0 Å². The third-order valence-electron chi connectivity index (χ3n) is 2.82. The Hall–Kier alpha value is -0.870. The number of aliphatic hydroxyl groups is 1. The minimum atomic E-state index is -0.617. The van der Waals surface area contributed by atoms with Crippen LogP contribution >= 0.6 is 0 Å². The molecule has 2 N–H and O–H groups in total. The lowest BCUT2D eigenvalue weighted by molar-refractivity contribution is 0.0166. The first-order valence-electron chi connectivity index (χ1n) is 5.03. The molecule has 78 valence electrons. The third-order valence-corrected chi connectivity index (χ3v) is 2.82. The molecule has 1 aromatic rings. The second-order valence-electron chi connectivity index (χ2n) is 4.09. The van der Waals surface area contributed by atoms with Crippen LogP contribution in [-0.2, 0) is 6.42 Å². The predicted octanol–water partition coefficient (Wildman–Crippen LogP) is 0.640. The van der Waals surface area contributed by atoms with Crippen LogP contribution < -0.4 is 5.32 Å². The Balaban J connectivity index is 2.05. The molecule has 2 rings (SSSR count). The topological polar surface area (TPSA) is 58.3 Å². The number of hydrogen-bond donors (Lipinski definition) is 2. The molecule has 4 nitrogen and oxygen atoms in total. The Morgan fingerprint density at radius 3 is 3.14 bits per heavy atom. The maximum atomic E-state index is 10.2. The zero-order chi connectivity index (χ0) is 10.0. The maximum Gasteiger partial charge on any atom is 0.136 e. The Morgan fingerprint density at radius 1 is 1.71 bits per heavy atom. The highest BCUT2D eigenvalue weighted by atomic mass is 16.5. The summed E-state index contributed by atoms with van der Waals surface area (Å²) in [6.45, 7) is 3.55. The van der Waals surface area contributed by atoms with Gasteiger partial charge in [-0.1, -0.05) is 5.16 Å². The van der Waals surface area contributed by atoms with Crippen LogP contribution in [0.5, 0.6) is 0 Å². The number of hydrogen-bond acceptors (Lipinski definition) is 4. The average Bonchev–Trinajstić information content (AvgIpc) is 2.52. The van der Waals surface area contributed by atoms with Gasteiger partial charge in [0.1, 0.15) is 5.76 Å². The van der Waals surface area contributed by atoms with E-state index in [9.17, 15) is 5.11 Å². The lowest BCUT2D eigenvalue weighted by atomic mass is 9.88. The molecule has 1 atom stereocenters. The van der Waals surface area contributed by atoms with E-state index in [4.69, 9.17) is 4.52 Å². The van der Waals surface area contributed by atoms with Crippen LogP contribution in [-0.4, -0.2) is 29.0 Å². The summed E-state index contributed by atoms with van der Waals surface area (Å²) in [4.78, 5) is 0. The summed E-state index contributed by atoms with van der Waals surface area (Å²) in [5.74, 6) is 0.809. The monoisotopic (exact) mass is 196 g/mol. The highest BCUT2D eigenvalue weighted by molar-refractivity contribution is 5.15. The summed E-state index contributed by atoms with van der Waals surface area (Å²) in [5, 5.41) is 17.2. The summed E-state index contributed by atoms with van der Waals surface area (Å²) >= 11 is 0. The van der Waals surface area contributed by atoms with Gasteiger partial charge in [-0.05, 0) is 26.3 Å². The van der Waals surface area contributed by atoms with Crippen molar-refractivity contribution in [3.63, 3.8) is 0 Å². The van der Waals surface area contributed by atoms with E-state index in [1.807, 2.05) is 6.92 Å². The molecule has 0 spiro atoms. The first-order chi connectivity index (χ1) is 6.70. The number of rotatable bonds is 2. The number of nitrogens with zero attached hydrogens (tertiary/aromatic N) is 1. The van der Waals surface area contributed by atoms with Gasteiger partial charge in [0.15, 0.2) is 0 Å². The third kappa shape index (κ3) is 1.96. The van der Waals surface area contributed by atoms with Crippen molar-refractivity contribution in [3.8, 4) is 0 Å². The van der Waals surface area contributed by atoms with Crippen molar-refractivity contribution >= 4 is 0 Å². The Labute approximate surface area is 83.3 Å². The Morgan fingerprint density at radius 2 is 2.57 bits per heavy atom. The molecule has 0 radical (unpaired) electrons. The summed E-state index contributed by atoms with van der Waals surface area (Å²) in [6, 6.07) is 0. The fraction of sp³-hybridized carbons (Fsp3) is 0.700. The number of nitrogens with one attached hydrogen (secondary N) is 1. The van der Waals surface area contributed by atoms with Crippen molar-refractivity contribution in [2.75, 3.05) is 13.1 Å². The molecule has 14 heavy (non-hydrogen) atoms. The van der Waals surface area contributed by atoms with E-state index in [1.54, 1.807) is 6.20 Å². The zero-order valence-corrected chi connectivity index (χ0v) is 8.42. The highest BCUT2D eigenvalue weighted by Crippen LogP contribution is 2.22. The molecule has 1 unspecified atom stereocenters. The smallest absolute Gasteiger partial charge is 0.136 e. The van der Waals surface area contributed by atoms with E-state index in [2.05, 4.69) is 10.5 Å². The quantitative estimate of drug-likeness (QED) is 0.728. The summed E-state index contributed by atoms with van der Waals surface area (Å²) in [5.41, 5.74) is 0.394. The van der Waals surface area contributed by atoms with E-state index in [-0.39, 0.29) is 0 Å². The van der Waals surface area contributed by atoms with Gasteiger partial charge in [0.2, 0.25) is 0 Å². The molecule has 0 saturated carbocycles. The number of piperidine rings is 1. The van der Waals surface area contributed by atoms with E-state index in [0.717, 1.165) is 30.7 Å². The first-order valence-corrected chi connectivity index (χ1v) is 5.03. The normalized spacial score (nSPS) is 27.9. The highest BCUT2D eigenvalue weighted by Gasteiger charge is 2.30. The molecule has 1 aliphatic rings. The van der Waals surface area contributed by atoms with Crippen LogP contribution in [0.4, 0.5) is 0 Å². The molecule has 1 aliphatic heterocycles. The first kappa shape index (κ1) is 9.68. The summed E-state index contributed by atoms with van der Waals surface area (Å²) < 4.78 is 4.97. The Kier molecular flexibility index (Phi) is 2.56. The van der Waals surface area contributed by atoms with Crippen LogP contribution in [0.25, 0.3) is 0 Å². The minimum Gasteiger partial charge on any atom is -0.388 e. The fourth-order valence-electron chi connectivity index (χ4n) is 1.95. The zero-order valence-electron chi connectivity index (χ0n) is 8.42. The molecule has 0 bridgehead atoms. The molecule has 0 aliphatic carbocycles. The standard InChI is InChI=1S/C10H16N2O2/c1-8-9(6-12-14-8)5-10(13)3-2-4-11-7-10/h6,11,13H,2-5,7H2,1H3. The molecule has 0 amide bonds. The van der Waals surface area contributed by atoms with Crippen molar-refractivity contribution in [3.05, 3.63) is 17.5 Å². The van der Waals surface area contributed by atoms with Crippen LogP contribution in [0, 0.1) is 6.92 Å². The van der Waals surface area contributed by atoms with E-state index < -0.39 is 5.60 Å². The lowest BCUT2D eigenvalue weighted by Gasteiger charge is -2.32. The van der Waals surface area contributed by atoms with E-state index in [1.165, 1.54) is 0 Å². The number of β-amino-alcohol motifs (C(OH)–C–C–N with tert-alkyl or cyclic N) is 1. The molecular formula is C10H16N2O2. The van der Waals surface area contributed by atoms with Gasteiger partial charge < -0.3 is 14.9 Å². The van der Waals surface area contributed by atoms with E-state index >= 15 is 0 Å².